The Labute approximate surface area is 156 Å². The lowest BCUT2D eigenvalue weighted by Crippen LogP contribution is -2.48. The number of piperazine rings is 1. The fourth-order valence-corrected chi connectivity index (χ4v) is 3.75. The highest BCUT2D eigenvalue weighted by molar-refractivity contribution is 7.15. The largest absolute Gasteiger partial charge is 0.473 e. The normalized spacial score (nSPS) is 14.3. The van der Waals surface area contributed by atoms with Crippen molar-refractivity contribution in [3.63, 3.8) is 0 Å². The first kappa shape index (κ1) is 18.2. The number of aryl methyl sites for hydroxylation is 1. The topological polar surface area (TPSA) is 72.0 Å². The van der Waals surface area contributed by atoms with Gasteiger partial charge in [-0.05, 0) is 31.2 Å². The molecular weight excluding hydrogens is 354 g/mol. The third-order valence-electron chi connectivity index (χ3n) is 4.37. The first-order chi connectivity index (χ1) is 12.5. The summed E-state index contributed by atoms with van der Waals surface area (Å²) in [5.74, 6) is -0.341. The lowest BCUT2D eigenvalue weighted by atomic mass is 10.2. The van der Waals surface area contributed by atoms with Gasteiger partial charge in [-0.15, -0.1) is 0 Å². The van der Waals surface area contributed by atoms with E-state index in [4.69, 9.17) is 9.47 Å². The highest BCUT2D eigenvalue weighted by Crippen LogP contribution is 2.26. The number of hydrogen-bond acceptors (Lipinski definition) is 7. The summed E-state index contributed by atoms with van der Waals surface area (Å²) in [6.45, 7) is 4.57. The minimum Gasteiger partial charge on any atom is -0.473 e. The molecule has 1 saturated heterocycles. The van der Waals surface area contributed by atoms with Gasteiger partial charge in [0.15, 0.2) is 0 Å². The minimum absolute atomic E-state index is 0.00369. The van der Waals surface area contributed by atoms with E-state index in [-0.39, 0.29) is 11.9 Å². The number of rotatable bonds is 4. The number of methoxy groups -OCH3 is 2. The molecular formula is C18H21N3O4S. The molecule has 3 rings (SSSR count). The van der Waals surface area contributed by atoms with Crippen LogP contribution in [-0.2, 0) is 4.74 Å². The maximum atomic E-state index is 12.7. The van der Waals surface area contributed by atoms with E-state index in [1.165, 1.54) is 18.4 Å². The Bertz CT molecular complexity index is 795. The molecule has 26 heavy (non-hydrogen) atoms. The first-order valence-electron chi connectivity index (χ1n) is 8.27. The zero-order chi connectivity index (χ0) is 18.7. The second-order valence-electron chi connectivity index (χ2n) is 5.92. The van der Waals surface area contributed by atoms with Crippen molar-refractivity contribution in [1.82, 2.24) is 9.88 Å². The summed E-state index contributed by atoms with van der Waals surface area (Å²) >= 11 is 1.28. The van der Waals surface area contributed by atoms with Gasteiger partial charge in [0, 0.05) is 31.9 Å². The number of carbonyl (C=O) groups excluding carboxylic acids is 2. The number of anilines is 1. The van der Waals surface area contributed by atoms with E-state index >= 15 is 0 Å². The van der Waals surface area contributed by atoms with Crippen LogP contribution in [0, 0.1) is 6.92 Å². The molecule has 8 heteroatoms. The van der Waals surface area contributed by atoms with Gasteiger partial charge in [0.1, 0.15) is 4.88 Å². The van der Waals surface area contributed by atoms with E-state index < -0.39 is 0 Å². The molecule has 0 radical (unpaired) electrons. The summed E-state index contributed by atoms with van der Waals surface area (Å²) in [5.41, 5.74) is 2.26. The summed E-state index contributed by atoms with van der Waals surface area (Å²) in [6, 6.07) is 7.32. The van der Waals surface area contributed by atoms with E-state index in [2.05, 4.69) is 9.88 Å². The van der Waals surface area contributed by atoms with Gasteiger partial charge < -0.3 is 19.3 Å². The quantitative estimate of drug-likeness (QED) is 0.763. The molecule has 1 aliphatic rings. The number of hydrogen-bond donors (Lipinski definition) is 0. The van der Waals surface area contributed by atoms with E-state index in [0.29, 0.717) is 34.4 Å². The average molecular weight is 375 g/mol. The zero-order valence-electron chi connectivity index (χ0n) is 15.0. The Kier molecular flexibility index (Phi) is 5.41. The highest BCUT2D eigenvalue weighted by atomic mass is 32.1. The van der Waals surface area contributed by atoms with Crippen LogP contribution in [0.25, 0.3) is 0 Å². The van der Waals surface area contributed by atoms with Gasteiger partial charge in [-0.2, -0.15) is 0 Å². The van der Waals surface area contributed by atoms with Gasteiger partial charge in [0.05, 0.1) is 25.5 Å². The van der Waals surface area contributed by atoms with Gasteiger partial charge in [-0.1, -0.05) is 11.3 Å². The first-order valence-corrected chi connectivity index (χ1v) is 9.09. The average Bonchev–Trinajstić information content (AvgIpc) is 3.08. The predicted molar refractivity (Wildman–Crippen MR) is 99.3 cm³/mol. The Hall–Kier alpha value is -2.61. The van der Waals surface area contributed by atoms with Crippen LogP contribution in [0.15, 0.2) is 24.3 Å². The Morgan fingerprint density at radius 1 is 1.08 bits per heavy atom. The minimum atomic E-state index is -0.345. The molecule has 2 aromatic rings. The fourth-order valence-electron chi connectivity index (χ4n) is 2.89. The number of esters is 1. The van der Waals surface area contributed by atoms with Gasteiger partial charge in [-0.25, -0.2) is 9.78 Å². The second-order valence-corrected chi connectivity index (χ2v) is 6.88. The van der Waals surface area contributed by atoms with Gasteiger partial charge >= 0.3 is 5.97 Å². The third-order valence-corrected chi connectivity index (χ3v) is 5.47. The van der Waals surface area contributed by atoms with Crippen LogP contribution < -0.4 is 9.64 Å². The molecule has 1 aliphatic heterocycles. The van der Waals surface area contributed by atoms with Crippen molar-refractivity contribution in [2.24, 2.45) is 0 Å². The van der Waals surface area contributed by atoms with Crippen LogP contribution in [0.4, 0.5) is 5.69 Å². The van der Waals surface area contributed by atoms with Crippen LogP contribution in [0.5, 0.6) is 5.19 Å². The predicted octanol–water partition coefficient (Wildman–Crippen LogP) is 2.21. The number of ether oxygens (including phenoxy) is 2. The summed E-state index contributed by atoms with van der Waals surface area (Å²) < 4.78 is 9.83. The molecule has 0 atom stereocenters. The highest BCUT2D eigenvalue weighted by Gasteiger charge is 2.26. The molecule has 0 saturated carbocycles. The van der Waals surface area contributed by atoms with Crippen LogP contribution in [0.3, 0.4) is 0 Å². The number of nitrogens with zero attached hydrogens (tertiary/aromatic N) is 3. The molecule has 0 spiro atoms. The van der Waals surface area contributed by atoms with Gasteiger partial charge in [-0.3, -0.25) is 4.79 Å². The Morgan fingerprint density at radius 2 is 1.73 bits per heavy atom. The van der Waals surface area contributed by atoms with Crippen molar-refractivity contribution in [2.75, 3.05) is 45.3 Å². The van der Waals surface area contributed by atoms with E-state index in [1.807, 2.05) is 24.0 Å². The van der Waals surface area contributed by atoms with Crippen molar-refractivity contribution in [1.29, 1.82) is 0 Å². The SMILES string of the molecule is COC(=O)c1ccc(N2CCN(C(=O)c3sc(OC)nc3C)CC2)cc1. The maximum absolute atomic E-state index is 12.7. The van der Waals surface area contributed by atoms with Gasteiger partial charge in [0.25, 0.3) is 11.1 Å². The molecule has 1 amide bonds. The number of benzene rings is 1. The van der Waals surface area contributed by atoms with Crippen molar-refractivity contribution in [3.8, 4) is 5.19 Å². The lowest BCUT2D eigenvalue weighted by molar-refractivity contribution is 0.0600. The molecule has 1 fully saturated rings. The summed E-state index contributed by atoms with van der Waals surface area (Å²) in [6.07, 6.45) is 0. The maximum Gasteiger partial charge on any atom is 0.337 e. The number of carbonyl (C=O) groups is 2. The van der Waals surface area contributed by atoms with Crippen molar-refractivity contribution >= 4 is 28.9 Å². The molecule has 7 nitrogen and oxygen atoms in total. The van der Waals surface area contributed by atoms with E-state index in [0.717, 1.165) is 18.8 Å². The van der Waals surface area contributed by atoms with Gasteiger partial charge in [0.2, 0.25) is 0 Å². The third kappa shape index (κ3) is 3.65. The molecule has 2 heterocycles. The van der Waals surface area contributed by atoms with Crippen molar-refractivity contribution < 1.29 is 19.1 Å². The van der Waals surface area contributed by atoms with Crippen LogP contribution in [0.1, 0.15) is 25.7 Å². The summed E-state index contributed by atoms with van der Waals surface area (Å²) in [5, 5.41) is 0.509. The van der Waals surface area contributed by atoms with Crippen molar-refractivity contribution in [3.05, 3.63) is 40.4 Å². The number of thiazole rings is 1. The van der Waals surface area contributed by atoms with Crippen LogP contribution >= 0.6 is 11.3 Å². The van der Waals surface area contributed by atoms with Crippen LogP contribution in [0.2, 0.25) is 0 Å². The summed E-state index contributed by atoms with van der Waals surface area (Å²) in [4.78, 5) is 33.1. The van der Waals surface area contributed by atoms with E-state index in [9.17, 15) is 9.59 Å². The Morgan fingerprint density at radius 3 is 2.27 bits per heavy atom. The Balaban J connectivity index is 1.62. The smallest absolute Gasteiger partial charge is 0.337 e. The number of aromatic nitrogens is 1. The second kappa shape index (κ2) is 7.74. The van der Waals surface area contributed by atoms with E-state index in [1.54, 1.807) is 19.2 Å². The molecule has 138 valence electrons. The monoisotopic (exact) mass is 375 g/mol. The molecule has 1 aromatic heterocycles. The molecule has 0 unspecified atom stereocenters. The molecule has 0 aliphatic carbocycles. The number of amides is 1. The van der Waals surface area contributed by atoms with Crippen molar-refractivity contribution in [2.45, 2.75) is 6.92 Å². The fraction of sp³-hybridized carbons (Fsp3) is 0.389. The molecule has 0 bridgehead atoms. The molecule has 1 aromatic carbocycles. The van der Waals surface area contributed by atoms with Crippen LogP contribution in [-0.4, -0.2) is 62.2 Å². The summed E-state index contributed by atoms with van der Waals surface area (Å²) in [7, 11) is 2.92. The lowest BCUT2D eigenvalue weighted by Gasteiger charge is -2.36. The zero-order valence-corrected chi connectivity index (χ0v) is 15.8. The molecule has 0 N–H and O–H groups in total. The standard InChI is InChI=1S/C18H21N3O4S/c1-12-15(26-18(19-12)25-3)16(22)21-10-8-20(9-11-21)14-6-4-13(5-7-14)17(23)24-2/h4-7H,8-11H2,1-3H3.